The first-order chi connectivity index (χ1) is 7.13. The minimum absolute atomic E-state index is 0.213. The summed E-state index contributed by atoms with van der Waals surface area (Å²) in [6, 6.07) is 1.51. The molecule has 2 rings (SSSR count). The Labute approximate surface area is 91.2 Å². The van der Waals surface area contributed by atoms with Crippen molar-refractivity contribution < 1.29 is 0 Å². The lowest BCUT2D eigenvalue weighted by atomic mass is 10.4. The van der Waals surface area contributed by atoms with E-state index in [0.29, 0.717) is 18.1 Å². The van der Waals surface area contributed by atoms with Crippen molar-refractivity contribution in [2.45, 2.75) is 31.5 Å². The number of nitrogens with zero attached hydrogens (tertiary/aromatic N) is 2. The molecule has 0 saturated carbocycles. The molecule has 0 aromatic carbocycles. The van der Waals surface area contributed by atoms with Gasteiger partial charge >= 0.3 is 5.69 Å². The lowest BCUT2D eigenvalue weighted by Gasteiger charge is -2.06. The average molecular weight is 224 g/mol. The van der Waals surface area contributed by atoms with E-state index >= 15 is 0 Å². The summed E-state index contributed by atoms with van der Waals surface area (Å²) in [5, 5.41) is 0.711. The van der Waals surface area contributed by atoms with Gasteiger partial charge in [-0.3, -0.25) is 13.9 Å². The predicted octanol–water partition coefficient (Wildman–Crippen LogP) is 1.04. The van der Waals surface area contributed by atoms with Crippen LogP contribution < -0.4 is 11.2 Å². The molecule has 0 saturated heterocycles. The third-order valence-corrected chi connectivity index (χ3v) is 3.24. The van der Waals surface area contributed by atoms with Gasteiger partial charge in [-0.05, 0) is 6.42 Å². The summed E-state index contributed by atoms with van der Waals surface area (Å²) >= 11 is 1.40. The normalized spacial score (nSPS) is 14.3. The third kappa shape index (κ3) is 1.67. The molecule has 1 aromatic rings. The maximum Gasteiger partial charge on any atom is 0.332 e. The number of hydrogen-bond acceptors (Lipinski definition) is 3. The van der Waals surface area contributed by atoms with E-state index in [2.05, 4.69) is 6.58 Å². The van der Waals surface area contributed by atoms with E-state index in [-0.39, 0.29) is 11.2 Å². The van der Waals surface area contributed by atoms with Crippen LogP contribution in [0.1, 0.15) is 13.3 Å². The van der Waals surface area contributed by atoms with Crippen LogP contribution in [-0.2, 0) is 13.1 Å². The van der Waals surface area contributed by atoms with E-state index in [1.54, 1.807) is 4.57 Å². The van der Waals surface area contributed by atoms with Crippen LogP contribution in [0.25, 0.3) is 0 Å². The molecule has 5 heteroatoms. The van der Waals surface area contributed by atoms with Crippen LogP contribution in [0.4, 0.5) is 0 Å². The van der Waals surface area contributed by atoms with Gasteiger partial charge in [0.05, 0.1) is 11.6 Å². The van der Waals surface area contributed by atoms with Crippen molar-refractivity contribution in [2.75, 3.05) is 0 Å². The van der Waals surface area contributed by atoms with Gasteiger partial charge in [-0.1, -0.05) is 25.3 Å². The fraction of sp³-hybridized carbons (Fsp3) is 0.400. The zero-order chi connectivity index (χ0) is 11.0. The van der Waals surface area contributed by atoms with Crippen molar-refractivity contribution in [2.24, 2.45) is 0 Å². The Morgan fingerprint density at radius 3 is 2.93 bits per heavy atom. The van der Waals surface area contributed by atoms with Gasteiger partial charge in [-0.25, -0.2) is 4.79 Å². The van der Waals surface area contributed by atoms with Crippen molar-refractivity contribution in [1.29, 1.82) is 0 Å². The summed E-state index contributed by atoms with van der Waals surface area (Å²) in [6.07, 6.45) is 0.780. The Kier molecular flexibility index (Phi) is 2.56. The number of rotatable bonds is 2. The molecule has 0 fully saturated rings. The molecule has 2 heterocycles. The third-order valence-electron chi connectivity index (χ3n) is 2.27. The second kappa shape index (κ2) is 3.73. The summed E-state index contributed by atoms with van der Waals surface area (Å²) < 4.78 is 2.88. The fourth-order valence-corrected chi connectivity index (χ4v) is 2.51. The van der Waals surface area contributed by atoms with Crippen molar-refractivity contribution in [3.63, 3.8) is 0 Å². The van der Waals surface area contributed by atoms with Crippen LogP contribution in [0.5, 0.6) is 0 Å². The molecule has 0 atom stereocenters. The molecule has 1 aromatic heterocycles. The van der Waals surface area contributed by atoms with E-state index in [0.717, 1.165) is 11.3 Å². The summed E-state index contributed by atoms with van der Waals surface area (Å²) in [6.45, 7) is 6.75. The quantitative estimate of drug-likeness (QED) is 0.705. The van der Waals surface area contributed by atoms with Gasteiger partial charge in [0.15, 0.2) is 0 Å². The monoisotopic (exact) mass is 224 g/mol. The molecular weight excluding hydrogens is 212 g/mol. The Balaban J connectivity index is 2.64. The average Bonchev–Trinajstić information content (AvgIpc) is 2.53. The minimum atomic E-state index is -0.217. The van der Waals surface area contributed by atoms with Crippen molar-refractivity contribution in [3.05, 3.63) is 38.4 Å². The van der Waals surface area contributed by atoms with E-state index in [1.807, 2.05) is 6.92 Å². The number of thioether (sulfide) groups is 1. The topological polar surface area (TPSA) is 44.0 Å². The van der Waals surface area contributed by atoms with E-state index in [4.69, 9.17) is 0 Å². The largest absolute Gasteiger partial charge is 0.332 e. The summed E-state index contributed by atoms with van der Waals surface area (Å²) in [7, 11) is 0. The van der Waals surface area contributed by atoms with Gasteiger partial charge in [-0.2, -0.15) is 0 Å². The molecule has 4 nitrogen and oxygen atoms in total. The van der Waals surface area contributed by atoms with Crippen LogP contribution in [0.15, 0.2) is 32.2 Å². The van der Waals surface area contributed by atoms with Gasteiger partial charge in [-0.15, -0.1) is 0 Å². The van der Waals surface area contributed by atoms with Crippen molar-refractivity contribution in [3.8, 4) is 0 Å². The molecule has 0 unspecified atom stereocenters. The fourth-order valence-electron chi connectivity index (χ4n) is 1.61. The van der Waals surface area contributed by atoms with Gasteiger partial charge < -0.3 is 0 Å². The number of aromatic nitrogens is 2. The van der Waals surface area contributed by atoms with Crippen LogP contribution in [-0.4, -0.2) is 9.13 Å². The molecule has 0 amide bonds. The van der Waals surface area contributed by atoms with Crippen molar-refractivity contribution >= 4 is 11.8 Å². The maximum atomic E-state index is 11.9. The molecule has 0 aliphatic carbocycles. The molecule has 1 aliphatic rings. The van der Waals surface area contributed by atoms with Gasteiger partial charge in [0.2, 0.25) is 0 Å². The highest BCUT2D eigenvalue weighted by Gasteiger charge is 2.18. The molecule has 15 heavy (non-hydrogen) atoms. The van der Waals surface area contributed by atoms with Gasteiger partial charge in [0.1, 0.15) is 0 Å². The van der Waals surface area contributed by atoms with Crippen LogP contribution in [0, 0.1) is 0 Å². The standard InChI is InChI=1S/C10H12N2O2S/c1-3-4-11-8(13)5-9-12(10(11)14)6-7(2)15-9/h5H,2-4,6H2,1H3. The van der Waals surface area contributed by atoms with Crippen LogP contribution in [0.2, 0.25) is 0 Å². The highest BCUT2D eigenvalue weighted by molar-refractivity contribution is 8.03. The van der Waals surface area contributed by atoms with Gasteiger partial charge in [0, 0.05) is 17.5 Å². The number of hydrogen-bond donors (Lipinski definition) is 0. The number of fused-ring (bicyclic) bond motifs is 1. The predicted molar refractivity (Wildman–Crippen MR) is 60.3 cm³/mol. The zero-order valence-electron chi connectivity index (χ0n) is 8.52. The Morgan fingerprint density at radius 2 is 2.27 bits per heavy atom. The first-order valence-electron chi connectivity index (χ1n) is 4.83. The molecule has 0 radical (unpaired) electrons. The molecule has 0 N–H and O–H groups in total. The zero-order valence-corrected chi connectivity index (χ0v) is 9.34. The second-order valence-electron chi connectivity index (χ2n) is 3.48. The van der Waals surface area contributed by atoms with E-state index < -0.39 is 0 Å². The smallest absolute Gasteiger partial charge is 0.283 e. The SMILES string of the molecule is C=C1Cn2c(cc(=O)n(CCC)c2=O)S1. The molecule has 80 valence electrons. The summed E-state index contributed by atoms with van der Waals surface area (Å²) in [5.41, 5.74) is -0.430. The summed E-state index contributed by atoms with van der Waals surface area (Å²) in [5.74, 6) is 0. The van der Waals surface area contributed by atoms with E-state index in [1.165, 1.54) is 22.4 Å². The molecule has 0 spiro atoms. The second-order valence-corrected chi connectivity index (χ2v) is 4.68. The van der Waals surface area contributed by atoms with Crippen molar-refractivity contribution in [1.82, 2.24) is 9.13 Å². The first-order valence-corrected chi connectivity index (χ1v) is 5.65. The lowest BCUT2D eigenvalue weighted by molar-refractivity contribution is 0.546. The van der Waals surface area contributed by atoms with Crippen LogP contribution in [0.3, 0.4) is 0 Å². The molecular formula is C10H12N2O2S. The first kappa shape index (κ1) is 10.3. The number of allylic oxidation sites excluding steroid dienone is 1. The highest BCUT2D eigenvalue weighted by atomic mass is 32.2. The Morgan fingerprint density at radius 1 is 1.53 bits per heavy atom. The molecule has 0 bridgehead atoms. The lowest BCUT2D eigenvalue weighted by Crippen LogP contribution is -2.39. The Bertz CT molecular complexity index is 527. The van der Waals surface area contributed by atoms with Crippen LogP contribution >= 0.6 is 11.8 Å². The summed E-state index contributed by atoms with van der Waals surface area (Å²) in [4.78, 5) is 24.4. The van der Waals surface area contributed by atoms with Gasteiger partial charge in [0.25, 0.3) is 5.56 Å². The van der Waals surface area contributed by atoms with E-state index in [9.17, 15) is 9.59 Å². The highest BCUT2D eigenvalue weighted by Crippen LogP contribution is 2.30. The maximum absolute atomic E-state index is 11.9. The minimum Gasteiger partial charge on any atom is -0.283 e. The Hall–Kier alpha value is -1.23. The molecule has 1 aliphatic heterocycles.